The standard InChI is InChI=1S/C20H21NO3/c1-14(22)16-7-10-19-17(13-16)4-3-11-21(19)20(23)12-15-5-8-18(24-2)9-6-15/h5-10,13H,3-4,11-12H2,1-2H3. The molecule has 1 aliphatic heterocycles. The van der Waals surface area contributed by atoms with Crippen LogP contribution in [0.2, 0.25) is 0 Å². The van der Waals surface area contributed by atoms with Crippen LogP contribution in [0.5, 0.6) is 5.75 Å². The van der Waals surface area contributed by atoms with E-state index in [0.29, 0.717) is 12.0 Å². The van der Waals surface area contributed by atoms with Crippen LogP contribution in [0.1, 0.15) is 34.8 Å². The SMILES string of the molecule is COc1ccc(CC(=O)N2CCCc3cc(C(C)=O)ccc32)cc1. The van der Waals surface area contributed by atoms with Crippen LogP contribution in [0.3, 0.4) is 0 Å². The van der Waals surface area contributed by atoms with Crippen LogP contribution in [0.4, 0.5) is 5.69 Å². The Balaban J connectivity index is 1.80. The summed E-state index contributed by atoms with van der Waals surface area (Å²) < 4.78 is 5.14. The molecule has 0 spiro atoms. The monoisotopic (exact) mass is 323 g/mol. The minimum Gasteiger partial charge on any atom is -0.497 e. The van der Waals surface area contributed by atoms with Gasteiger partial charge in [-0.15, -0.1) is 0 Å². The molecule has 0 aliphatic carbocycles. The molecule has 124 valence electrons. The molecular formula is C20H21NO3. The second-order valence-corrected chi connectivity index (χ2v) is 6.07. The highest BCUT2D eigenvalue weighted by Crippen LogP contribution is 2.29. The zero-order valence-corrected chi connectivity index (χ0v) is 14.0. The predicted molar refractivity (Wildman–Crippen MR) is 93.8 cm³/mol. The molecule has 4 nitrogen and oxygen atoms in total. The van der Waals surface area contributed by atoms with E-state index in [1.807, 2.05) is 41.3 Å². The highest BCUT2D eigenvalue weighted by atomic mass is 16.5. The first-order valence-corrected chi connectivity index (χ1v) is 8.15. The number of ketones is 1. The first-order valence-electron chi connectivity index (χ1n) is 8.15. The van der Waals surface area contributed by atoms with Gasteiger partial charge in [-0.05, 0) is 61.2 Å². The van der Waals surface area contributed by atoms with Gasteiger partial charge in [0.05, 0.1) is 13.5 Å². The van der Waals surface area contributed by atoms with Crippen LogP contribution in [0.25, 0.3) is 0 Å². The summed E-state index contributed by atoms with van der Waals surface area (Å²) in [7, 11) is 1.63. The molecule has 0 unspecified atom stereocenters. The number of amides is 1. The van der Waals surface area contributed by atoms with E-state index in [0.717, 1.165) is 42.0 Å². The van der Waals surface area contributed by atoms with E-state index in [-0.39, 0.29) is 11.7 Å². The number of hydrogen-bond acceptors (Lipinski definition) is 3. The number of anilines is 1. The number of benzene rings is 2. The third kappa shape index (κ3) is 3.32. The maximum Gasteiger partial charge on any atom is 0.231 e. The summed E-state index contributed by atoms with van der Waals surface area (Å²) in [5, 5.41) is 0. The number of nitrogens with zero attached hydrogens (tertiary/aromatic N) is 1. The first kappa shape index (κ1) is 16.2. The second-order valence-electron chi connectivity index (χ2n) is 6.07. The summed E-state index contributed by atoms with van der Waals surface area (Å²) in [5.41, 5.74) is 3.69. The number of ether oxygens (including phenoxy) is 1. The van der Waals surface area contributed by atoms with Crippen molar-refractivity contribution in [3.8, 4) is 5.75 Å². The molecule has 0 bridgehead atoms. The van der Waals surface area contributed by atoms with Crippen molar-refractivity contribution >= 4 is 17.4 Å². The molecule has 24 heavy (non-hydrogen) atoms. The molecule has 2 aromatic rings. The molecule has 0 radical (unpaired) electrons. The van der Waals surface area contributed by atoms with Gasteiger partial charge in [-0.1, -0.05) is 12.1 Å². The number of fused-ring (bicyclic) bond motifs is 1. The molecular weight excluding hydrogens is 302 g/mol. The minimum absolute atomic E-state index is 0.0551. The largest absolute Gasteiger partial charge is 0.497 e. The van der Waals surface area contributed by atoms with Crippen LogP contribution in [0, 0.1) is 0 Å². The van der Waals surface area contributed by atoms with E-state index >= 15 is 0 Å². The fourth-order valence-corrected chi connectivity index (χ4v) is 3.09. The number of carbonyl (C=O) groups is 2. The molecule has 0 atom stereocenters. The van der Waals surface area contributed by atoms with Crippen LogP contribution in [-0.4, -0.2) is 25.3 Å². The summed E-state index contributed by atoms with van der Waals surface area (Å²) >= 11 is 0. The highest BCUT2D eigenvalue weighted by molar-refractivity contribution is 5.98. The third-order valence-corrected chi connectivity index (χ3v) is 4.42. The Morgan fingerprint density at radius 1 is 1.12 bits per heavy atom. The Labute approximate surface area is 142 Å². The van der Waals surface area contributed by atoms with Crippen molar-refractivity contribution in [3.63, 3.8) is 0 Å². The van der Waals surface area contributed by atoms with E-state index in [1.165, 1.54) is 0 Å². The Morgan fingerprint density at radius 2 is 1.88 bits per heavy atom. The van der Waals surface area contributed by atoms with Crippen LogP contribution >= 0.6 is 0 Å². The average molecular weight is 323 g/mol. The van der Waals surface area contributed by atoms with Gasteiger partial charge < -0.3 is 9.64 Å². The molecule has 0 saturated heterocycles. The molecule has 2 aromatic carbocycles. The molecule has 1 aliphatic rings. The Morgan fingerprint density at radius 3 is 2.54 bits per heavy atom. The zero-order chi connectivity index (χ0) is 17.1. The Kier molecular flexibility index (Phi) is 4.65. The minimum atomic E-state index is 0.0551. The number of aryl methyl sites for hydroxylation is 1. The van der Waals surface area contributed by atoms with Gasteiger partial charge in [0.25, 0.3) is 0 Å². The van der Waals surface area contributed by atoms with Crippen LogP contribution in [-0.2, 0) is 17.6 Å². The molecule has 0 aromatic heterocycles. The molecule has 1 amide bonds. The Hall–Kier alpha value is -2.62. The maximum atomic E-state index is 12.7. The lowest BCUT2D eigenvalue weighted by molar-refractivity contribution is -0.118. The number of Topliss-reactive ketones (excluding diaryl/α,β-unsaturated/α-hetero) is 1. The average Bonchev–Trinajstić information content (AvgIpc) is 2.61. The summed E-state index contributed by atoms with van der Waals surface area (Å²) in [6, 6.07) is 13.2. The van der Waals surface area contributed by atoms with E-state index < -0.39 is 0 Å². The lowest BCUT2D eigenvalue weighted by atomic mass is 9.97. The summed E-state index contributed by atoms with van der Waals surface area (Å²) in [6.45, 7) is 2.29. The normalized spacial score (nSPS) is 13.3. The van der Waals surface area contributed by atoms with Gasteiger partial charge in [0.1, 0.15) is 5.75 Å². The number of hydrogen-bond donors (Lipinski definition) is 0. The summed E-state index contributed by atoms with van der Waals surface area (Å²) in [6.07, 6.45) is 2.18. The number of carbonyl (C=O) groups excluding carboxylic acids is 2. The van der Waals surface area contributed by atoms with Crippen molar-refractivity contribution in [1.29, 1.82) is 0 Å². The molecule has 0 saturated carbocycles. The van der Waals surface area contributed by atoms with Gasteiger partial charge in [-0.2, -0.15) is 0 Å². The van der Waals surface area contributed by atoms with Crippen molar-refractivity contribution in [3.05, 3.63) is 59.2 Å². The van der Waals surface area contributed by atoms with Crippen molar-refractivity contribution in [1.82, 2.24) is 0 Å². The fourth-order valence-electron chi connectivity index (χ4n) is 3.09. The van der Waals surface area contributed by atoms with Gasteiger partial charge in [0, 0.05) is 17.8 Å². The second kappa shape index (κ2) is 6.87. The van der Waals surface area contributed by atoms with E-state index in [1.54, 1.807) is 20.1 Å². The van der Waals surface area contributed by atoms with Crippen LogP contribution < -0.4 is 9.64 Å². The van der Waals surface area contributed by atoms with Crippen LogP contribution in [0.15, 0.2) is 42.5 Å². The fraction of sp³-hybridized carbons (Fsp3) is 0.300. The zero-order valence-electron chi connectivity index (χ0n) is 14.0. The maximum absolute atomic E-state index is 12.7. The van der Waals surface area contributed by atoms with E-state index in [9.17, 15) is 9.59 Å². The van der Waals surface area contributed by atoms with Gasteiger partial charge in [0.2, 0.25) is 5.91 Å². The molecule has 4 heteroatoms. The van der Waals surface area contributed by atoms with E-state index in [4.69, 9.17) is 4.74 Å². The first-order chi connectivity index (χ1) is 11.6. The Bertz CT molecular complexity index is 765. The number of methoxy groups -OCH3 is 1. The van der Waals surface area contributed by atoms with Crippen molar-refractivity contribution in [2.45, 2.75) is 26.2 Å². The molecule has 0 N–H and O–H groups in total. The van der Waals surface area contributed by atoms with Crippen molar-refractivity contribution in [2.24, 2.45) is 0 Å². The molecule has 1 heterocycles. The lowest BCUT2D eigenvalue weighted by Crippen LogP contribution is -2.36. The lowest BCUT2D eigenvalue weighted by Gasteiger charge is -2.30. The van der Waals surface area contributed by atoms with Crippen molar-refractivity contribution < 1.29 is 14.3 Å². The summed E-state index contributed by atoms with van der Waals surface area (Å²) in [4.78, 5) is 26.1. The topological polar surface area (TPSA) is 46.6 Å². The van der Waals surface area contributed by atoms with E-state index in [2.05, 4.69) is 0 Å². The van der Waals surface area contributed by atoms with Gasteiger partial charge >= 0.3 is 0 Å². The highest BCUT2D eigenvalue weighted by Gasteiger charge is 2.23. The predicted octanol–water partition coefficient (Wildman–Crippen LogP) is 3.42. The van der Waals surface area contributed by atoms with Gasteiger partial charge in [-0.3, -0.25) is 9.59 Å². The molecule has 3 rings (SSSR count). The smallest absolute Gasteiger partial charge is 0.231 e. The van der Waals surface area contributed by atoms with Gasteiger partial charge in [0.15, 0.2) is 5.78 Å². The summed E-state index contributed by atoms with van der Waals surface area (Å²) in [5.74, 6) is 0.919. The quantitative estimate of drug-likeness (QED) is 0.810. The van der Waals surface area contributed by atoms with Gasteiger partial charge in [-0.25, -0.2) is 0 Å². The van der Waals surface area contributed by atoms with Crippen molar-refractivity contribution in [2.75, 3.05) is 18.6 Å². The molecule has 0 fully saturated rings. The number of rotatable bonds is 4. The third-order valence-electron chi connectivity index (χ3n) is 4.42.